The Hall–Kier alpha value is -1.35. The summed E-state index contributed by atoms with van der Waals surface area (Å²) in [6.45, 7) is 3.83. The molecule has 0 aliphatic carbocycles. The van der Waals surface area contributed by atoms with Crippen LogP contribution in [0.1, 0.15) is 38.2 Å². The van der Waals surface area contributed by atoms with Gasteiger partial charge in [-0.25, -0.2) is 0 Å². The maximum atomic E-state index is 11.2. The van der Waals surface area contributed by atoms with Gasteiger partial charge in [-0.05, 0) is 56.7 Å². The lowest BCUT2D eigenvalue weighted by Gasteiger charge is -2.35. The van der Waals surface area contributed by atoms with Crippen molar-refractivity contribution in [3.05, 3.63) is 35.9 Å². The average molecular weight is 275 g/mol. The Morgan fingerprint density at radius 1 is 1.30 bits per heavy atom. The van der Waals surface area contributed by atoms with Crippen LogP contribution in [0.5, 0.6) is 0 Å². The van der Waals surface area contributed by atoms with Crippen molar-refractivity contribution in [3.63, 3.8) is 0 Å². The zero-order valence-electron chi connectivity index (χ0n) is 12.3. The lowest BCUT2D eigenvalue weighted by Crippen LogP contribution is -2.45. The molecule has 0 unspecified atom stereocenters. The molecule has 1 atom stereocenters. The van der Waals surface area contributed by atoms with Crippen LogP contribution >= 0.6 is 0 Å². The van der Waals surface area contributed by atoms with Gasteiger partial charge in [-0.2, -0.15) is 0 Å². The number of aliphatic carboxylic acids is 1. The van der Waals surface area contributed by atoms with E-state index in [-0.39, 0.29) is 6.04 Å². The van der Waals surface area contributed by atoms with Crippen LogP contribution < -0.4 is 0 Å². The topological polar surface area (TPSA) is 40.5 Å². The van der Waals surface area contributed by atoms with E-state index < -0.39 is 5.97 Å². The van der Waals surface area contributed by atoms with E-state index in [4.69, 9.17) is 0 Å². The molecule has 1 aliphatic rings. The first-order chi connectivity index (χ1) is 9.70. The van der Waals surface area contributed by atoms with Crippen molar-refractivity contribution in [2.45, 2.75) is 45.1 Å². The lowest BCUT2D eigenvalue weighted by atomic mass is 9.90. The number of aryl methyl sites for hydroxylation is 1. The maximum Gasteiger partial charge on any atom is 0.320 e. The zero-order chi connectivity index (χ0) is 14.4. The molecule has 2 rings (SSSR count). The van der Waals surface area contributed by atoms with Crippen LogP contribution in [0.4, 0.5) is 0 Å². The van der Waals surface area contributed by atoms with E-state index in [1.165, 1.54) is 12.0 Å². The first-order valence-corrected chi connectivity index (χ1v) is 7.71. The van der Waals surface area contributed by atoms with Crippen molar-refractivity contribution in [2.24, 2.45) is 5.92 Å². The van der Waals surface area contributed by atoms with Crippen molar-refractivity contribution in [3.8, 4) is 0 Å². The molecule has 3 heteroatoms. The molecule has 3 nitrogen and oxygen atoms in total. The van der Waals surface area contributed by atoms with E-state index in [0.717, 1.165) is 38.3 Å². The molecule has 1 saturated heterocycles. The monoisotopic (exact) mass is 275 g/mol. The number of hydrogen-bond donors (Lipinski definition) is 1. The third-order valence-corrected chi connectivity index (χ3v) is 4.45. The molecule has 0 spiro atoms. The molecule has 0 saturated carbocycles. The lowest BCUT2D eigenvalue weighted by molar-refractivity contribution is -0.144. The highest BCUT2D eigenvalue weighted by molar-refractivity contribution is 5.73. The fraction of sp³-hybridized carbons (Fsp3) is 0.588. The molecular weight excluding hydrogens is 250 g/mol. The third-order valence-electron chi connectivity index (χ3n) is 4.45. The highest BCUT2D eigenvalue weighted by Gasteiger charge is 2.27. The second-order valence-corrected chi connectivity index (χ2v) is 5.77. The molecule has 1 fully saturated rings. The van der Waals surface area contributed by atoms with Gasteiger partial charge in [0.1, 0.15) is 6.04 Å². The summed E-state index contributed by atoms with van der Waals surface area (Å²) in [7, 11) is 0. The number of carboxylic acid groups (broad SMARTS) is 1. The van der Waals surface area contributed by atoms with Crippen molar-refractivity contribution >= 4 is 5.97 Å². The minimum absolute atomic E-state index is 0.287. The number of nitrogens with zero attached hydrogens (tertiary/aromatic N) is 1. The first kappa shape index (κ1) is 15.0. The van der Waals surface area contributed by atoms with E-state index in [1.807, 2.05) is 6.92 Å². The molecule has 1 aliphatic heterocycles. The number of likely N-dealkylation sites (tertiary alicyclic amines) is 1. The van der Waals surface area contributed by atoms with E-state index in [0.29, 0.717) is 6.42 Å². The molecule has 1 aromatic carbocycles. The molecule has 0 aromatic heterocycles. The summed E-state index contributed by atoms with van der Waals surface area (Å²) in [5.74, 6) is 0.0768. The fourth-order valence-electron chi connectivity index (χ4n) is 3.16. The van der Waals surface area contributed by atoms with E-state index >= 15 is 0 Å². The minimum Gasteiger partial charge on any atom is -0.480 e. The molecule has 0 amide bonds. The van der Waals surface area contributed by atoms with Crippen molar-refractivity contribution in [2.75, 3.05) is 13.1 Å². The highest BCUT2D eigenvalue weighted by Crippen LogP contribution is 2.24. The van der Waals surface area contributed by atoms with Gasteiger partial charge in [0.2, 0.25) is 0 Å². The summed E-state index contributed by atoms with van der Waals surface area (Å²) >= 11 is 0. The SMILES string of the molecule is CC[C@H](C(=O)O)N1CCC(CCc2ccccc2)CC1. The van der Waals surface area contributed by atoms with E-state index in [9.17, 15) is 9.90 Å². The first-order valence-electron chi connectivity index (χ1n) is 7.71. The largest absolute Gasteiger partial charge is 0.480 e. The van der Waals surface area contributed by atoms with Gasteiger partial charge in [0.05, 0.1) is 0 Å². The van der Waals surface area contributed by atoms with E-state index in [1.54, 1.807) is 0 Å². The molecule has 0 bridgehead atoms. The van der Waals surface area contributed by atoms with Crippen LogP contribution in [0.25, 0.3) is 0 Å². The summed E-state index contributed by atoms with van der Waals surface area (Å²) in [5, 5.41) is 9.20. The van der Waals surface area contributed by atoms with Crippen LogP contribution in [0, 0.1) is 5.92 Å². The number of rotatable bonds is 6. The second kappa shape index (κ2) is 7.44. The summed E-state index contributed by atoms with van der Waals surface area (Å²) in [5.41, 5.74) is 1.41. The Labute approximate surface area is 121 Å². The minimum atomic E-state index is -0.671. The average Bonchev–Trinajstić information content (AvgIpc) is 2.48. The number of piperidine rings is 1. The van der Waals surface area contributed by atoms with Crippen LogP contribution in [-0.4, -0.2) is 35.1 Å². The quantitative estimate of drug-likeness (QED) is 0.866. The summed E-state index contributed by atoms with van der Waals surface area (Å²) in [4.78, 5) is 13.3. The Bertz CT molecular complexity index is 410. The molecular formula is C17H25NO2. The summed E-state index contributed by atoms with van der Waals surface area (Å²) < 4.78 is 0. The summed E-state index contributed by atoms with van der Waals surface area (Å²) in [6.07, 6.45) is 5.33. The predicted molar refractivity (Wildman–Crippen MR) is 80.8 cm³/mol. The molecule has 20 heavy (non-hydrogen) atoms. The van der Waals surface area contributed by atoms with Gasteiger partial charge >= 0.3 is 5.97 Å². The van der Waals surface area contributed by atoms with Gasteiger partial charge in [0.15, 0.2) is 0 Å². The Morgan fingerprint density at radius 3 is 2.50 bits per heavy atom. The van der Waals surface area contributed by atoms with Crippen LogP contribution in [0.3, 0.4) is 0 Å². The molecule has 1 heterocycles. The zero-order valence-corrected chi connectivity index (χ0v) is 12.3. The number of hydrogen-bond acceptors (Lipinski definition) is 2. The van der Waals surface area contributed by atoms with Gasteiger partial charge < -0.3 is 5.11 Å². The standard InChI is InChI=1S/C17H25NO2/c1-2-16(17(19)20)18-12-10-15(11-13-18)9-8-14-6-4-3-5-7-14/h3-7,15-16H,2,8-13H2,1H3,(H,19,20)/t16-/m1/s1. The third kappa shape index (κ3) is 4.07. The maximum absolute atomic E-state index is 11.2. The predicted octanol–water partition coefficient (Wildman–Crippen LogP) is 3.19. The smallest absolute Gasteiger partial charge is 0.320 e. The Balaban J connectivity index is 1.75. The van der Waals surface area contributed by atoms with Crippen LogP contribution in [0.15, 0.2) is 30.3 Å². The molecule has 110 valence electrons. The number of carbonyl (C=O) groups is 1. The van der Waals surface area contributed by atoms with Crippen LogP contribution in [-0.2, 0) is 11.2 Å². The molecule has 0 radical (unpaired) electrons. The normalized spacial score (nSPS) is 18.9. The van der Waals surface area contributed by atoms with Crippen molar-refractivity contribution < 1.29 is 9.90 Å². The van der Waals surface area contributed by atoms with Gasteiger partial charge in [-0.1, -0.05) is 37.3 Å². The molecule has 1 N–H and O–H groups in total. The van der Waals surface area contributed by atoms with Gasteiger partial charge in [0.25, 0.3) is 0 Å². The second-order valence-electron chi connectivity index (χ2n) is 5.77. The van der Waals surface area contributed by atoms with Crippen LogP contribution in [0.2, 0.25) is 0 Å². The Morgan fingerprint density at radius 2 is 1.95 bits per heavy atom. The van der Waals surface area contributed by atoms with Gasteiger partial charge in [-0.15, -0.1) is 0 Å². The van der Waals surface area contributed by atoms with E-state index in [2.05, 4.69) is 35.2 Å². The Kier molecular flexibility index (Phi) is 5.60. The van der Waals surface area contributed by atoms with Gasteiger partial charge in [0, 0.05) is 0 Å². The van der Waals surface area contributed by atoms with Crippen molar-refractivity contribution in [1.29, 1.82) is 0 Å². The summed E-state index contributed by atoms with van der Waals surface area (Å²) in [6, 6.07) is 10.3. The van der Waals surface area contributed by atoms with Gasteiger partial charge in [-0.3, -0.25) is 9.69 Å². The number of benzene rings is 1. The van der Waals surface area contributed by atoms with Crippen molar-refractivity contribution in [1.82, 2.24) is 4.90 Å². The fourth-order valence-corrected chi connectivity index (χ4v) is 3.16. The number of carboxylic acids is 1. The highest BCUT2D eigenvalue weighted by atomic mass is 16.4. The molecule has 1 aromatic rings.